The highest BCUT2D eigenvalue weighted by Gasteiger charge is 2.23. The molecule has 0 aliphatic carbocycles. The summed E-state index contributed by atoms with van der Waals surface area (Å²) in [4.78, 5) is 9.09. The minimum atomic E-state index is 0.0239. The van der Waals surface area contributed by atoms with Crippen molar-refractivity contribution in [3.05, 3.63) is 46.3 Å². The van der Waals surface area contributed by atoms with Crippen LogP contribution >= 0.6 is 0 Å². The summed E-state index contributed by atoms with van der Waals surface area (Å²) in [5, 5.41) is 0. The molecule has 0 radical (unpaired) electrons. The summed E-state index contributed by atoms with van der Waals surface area (Å²) >= 11 is 0. The molecule has 2 rings (SSSR count). The zero-order valence-electron chi connectivity index (χ0n) is 16.7. The van der Waals surface area contributed by atoms with E-state index >= 15 is 0 Å². The first-order chi connectivity index (χ1) is 11.4. The molecule has 0 aliphatic rings. The predicted octanol–water partition coefficient (Wildman–Crippen LogP) is 4.33. The van der Waals surface area contributed by atoms with Gasteiger partial charge in [-0.25, -0.2) is 9.97 Å². The Labute approximate surface area is 152 Å². The standard InChI is InChI=1S/C21H32N4/c1-13-19(21(5,6)7)14(12-18(23)24-13)8-10-16-15(20(2,3)4)9-11-17(22)25-16/h9,11-12H,8,10H2,1-7H3,(H2,22,25)(H2,23,24). The lowest BCUT2D eigenvalue weighted by Crippen LogP contribution is -2.20. The van der Waals surface area contributed by atoms with Gasteiger partial charge in [-0.1, -0.05) is 47.6 Å². The number of nitrogens with zero attached hydrogens (tertiary/aromatic N) is 2. The maximum Gasteiger partial charge on any atom is 0.123 e. The number of nitrogens with two attached hydrogens (primary N) is 2. The largest absolute Gasteiger partial charge is 0.384 e. The molecule has 0 spiro atoms. The van der Waals surface area contributed by atoms with E-state index in [-0.39, 0.29) is 10.8 Å². The zero-order chi connectivity index (χ0) is 19.0. The van der Waals surface area contributed by atoms with Crippen LogP contribution in [0.5, 0.6) is 0 Å². The number of aromatic nitrogens is 2. The number of hydrogen-bond donors (Lipinski definition) is 2. The fourth-order valence-electron chi connectivity index (χ4n) is 3.63. The Morgan fingerprint density at radius 1 is 0.840 bits per heavy atom. The second-order valence-electron chi connectivity index (χ2n) is 8.90. The van der Waals surface area contributed by atoms with Crippen LogP contribution in [0.15, 0.2) is 18.2 Å². The SMILES string of the molecule is Cc1nc(N)cc(CCc2nc(N)ccc2C(C)(C)C)c1C(C)(C)C. The summed E-state index contributed by atoms with van der Waals surface area (Å²) in [5.41, 5.74) is 17.9. The molecule has 0 saturated heterocycles. The van der Waals surface area contributed by atoms with E-state index in [9.17, 15) is 0 Å². The van der Waals surface area contributed by atoms with Gasteiger partial charge >= 0.3 is 0 Å². The first-order valence-corrected chi connectivity index (χ1v) is 8.92. The van der Waals surface area contributed by atoms with Crippen molar-refractivity contribution in [2.45, 2.75) is 72.1 Å². The minimum absolute atomic E-state index is 0.0239. The van der Waals surface area contributed by atoms with Crippen molar-refractivity contribution in [3.8, 4) is 0 Å². The molecule has 2 aromatic rings. The van der Waals surface area contributed by atoms with Gasteiger partial charge in [0.2, 0.25) is 0 Å². The predicted molar refractivity (Wildman–Crippen MR) is 107 cm³/mol. The van der Waals surface area contributed by atoms with Crippen LogP contribution in [0.2, 0.25) is 0 Å². The van der Waals surface area contributed by atoms with Gasteiger partial charge in [0.05, 0.1) is 0 Å². The lowest BCUT2D eigenvalue weighted by molar-refractivity contribution is 0.567. The van der Waals surface area contributed by atoms with Crippen molar-refractivity contribution in [2.75, 3.05) is 11.5 Å². The Hall–Kier alpha value is -2.10. The van der Waals surface area contributed by atoms with Gasteiger partial charge in [-0.05, 0) is 59.4 Å². The van der Waals surface area contributed by atoms with E-state index in [4.69, 9.17) is 11.5 Å². The van der Waals surface area contributed by atoms with Crippen LogP contribution in [0, 0.1) is 6.92 Å². The topological polar surface area (TPSA) is 77.8 Å². The Bertz CT molecular complexity index is 765. The molecule has 136 valence electrons. The van der Waals surface area contributed by atoms with Crippen molar-refractivity contribution >= 4 is 11.6 Å². The number of aryl methyl sites for hydroxylation is 3. The van der Waals surface area contributed by atoms with Crippen LogP contribution in [-0.4, -0.2) is 9.97 Å². The molecule has 0 bridgehead atoms. The number of pyridine rings is 2. The molecule has 2 aromatic heterocycles. The first kappa shape index (κ1) is 19.2. The zero-order valence-corrected chi connectivity index (χ0v) is 16.7. The maximum absolute atomic E-state index is 6.02. The second kappa shape index (κ2) is 6.66. The van der Waals surface area contributed by atoms with Gasteiger partial charge in [0.1, 0.15) is 11.6 Å². The Kier molecular flexibility index (Phi) is 5.12. The van der Waals surface area contributed by atoms with E-state index in [1.807, 2.05) is 19.1 Å². The average Bonchev–Trinajstić information content (AvgIpc) is 2.41. The van der Waals surface area contributed by atoms with Gasteiger partial charge in [-0.15, -0.1) is 0 Å². The van der Waals surface area contributed by atoms with Crippen molar-refractivity contribution in [2.24, 2.45) is 0 Å². The molecular weight excluding hydrogens is 308 g/mol. The second-order valence-corrected chi connectivity index (χ2v) is 8.90. The highest BCUT2D eigenvalue weighted by atomic mass is 14.8. The van der Waals surface area contributed by atoms with Crippen molar-refractivity contribution < 1.29 is 0 Å². The summed E-state index contributed by atoms with van der Waals surface area (Å²) in [6, 6.07) is 6.00. The Morgan fingerprint density at radius 2 is 1.48 bits per heavy atom. The molecule has 0 aromatic carbocycles. The molecule has 4 heteroatoms. The Balaban J connectivity index is 2.42. The lowest BCUT2D eigenvalue weighted by atomic mass is 9.80. The summed E-state index contributed by atoms with van der Waals surface area (Å²) < 4.78 is 0. The molecule has 0 atom stereocenters. The van der Waals surface area contributed by atoms with Gasteiger partial charge in [-0.2, -0.15) is 0 Å². The van der Waals surface area contributed by atoms with Crippen LogP contribution in [0.4, 0.5) is 11.6 Å². The van der Waals surface area contributed by atoms with E-state index in [1.54, 1.807) is 0 Å². The maximum atomic E-state index is 6.02. The van der Waals surface area contributed by atoms with Crippen LogP contribution < -0.4 is 11.5 Å². The molecule has 0 aliphatic heterocycles. The molecule has 25 heavy (non-hydrogen) atoms. The van der Waals surface area contributed by atoms with Gasteiger partial charge < -0.3 is 11.5 Å². The molecule has 4 N–H and O–H groups in total. The fraction of sp³-hybridized carbons (Fsp3) is 0.524. The number of rotatable bonds is 3. The van der Waals surface area contributed by atoms with Gasteiger partial charge in [0, 0.05) is 11.4 Å². The smallest absolute Gasteiger partial charge is 0.123 e. The molecule has 2 heterocycles. The van der Waals surface area contributed by atoms with Crippen LogP contribution in [0.3, 0.4) is 0 Å². The molecule has 0 saturated carbocycles. The third kappa shape index (κ3) is 4.50. The normalized spacial score (nSPS) is 12.4. The van der Waals surface area contributed by atoms with E-state index in [1.165, 1.54) is 16.7 Å². The van der Waals surface area contributed by atoms with Crippen molar-refractivity contribution in [3.63, 3.8) is 0 Å². The van der Waals surface area contributed by atoms with E-state index < -0.39 is 0 Å². The number of anilines is 2. The third-order valence-electron chi connectivity index (χ3n) is 4.49. The van der Waals surface area contributed by atoms with Gasteiger partial charge in [0.25, 0.3) is 0 Å². The van der Waals surface area contributed by atoms with Crippen LogP contribution in [-0.2, 0) is 23.7 Å². The highest BCUT2D eigenvalue weighted by Crippen LogP contribution is 2.31. The van der Waals surface area contributed by atoms with Crippen molar-refractivity contribution in [1.29, 1.82) is 0 Å². The highest BCUT2D eigenvalue weighted by molar-refractivity contribution is 5.45. The quantitative estimate of drug-likeness (QED) is 0.872. The summed E-state index contributed by atoms with van der Waals surface area (Å²) in [6.45, 7) is 15.3. The lowest BCUT2D eigenvalue weighted by Gasteiger charge is -2.26. The summed E-state index contributed by atoms with van der Waals surface area (Å²) in [6.07, 6.45) is 1.71. The minimum Gasteiger partial charge on any atom is -0.384 e. The summed E-state index contributed by atoms with van der Waals surface area (Å²) in [5.74, 6) is 1.15. The molecule has 0 unspecified atom stereocenters. The average molecular weight is 341 g/mol. The molecular formula is C21H32N4. The molecule has 0 fully saturated rings. The van der Waals surface area contributed by atoms with Crippen LogP contribution in [0.25, 0.3) is 0 Å². The number of nitrogen functional groups attached to an aromatic ring is 2. The van der Waals surface area contributed by atoms with E-state index in [0.717, 1.165) is 24.2 Å². The number of hydrogen-bond acceptors (Lipinski definition) is 4. The van der Waals surface area contributed by atoms with Gasteiger partial charge in [0.15, 0.2) is 0 Å². The third-order valence-corrected chi connectivity index (χ3v) is 4.49. The van der Waals surface area contributed by atoms with Crippen molar-refractivity contribution in [1.82, 2.24) is 9.97 Å². The fourth-order valence-corrected chi connectivity index (χ4v) is 3.63. The first-order valence-electron chi connectivity index (χ1n) is 8.92. The van der Waals surface area contributed by atoms with Crippen LogP contribution in [0.1, 0.15) is 69.6 Å². The monoisotopic (exact) mass is 340 g/mol. The summed E-state index contributed by atoms with van der Waals surface area (Å²) in [7, 11) is 0. The Morgan fingerprint density at radius 3 is 2.04 bits per heavy atom. The van der Waals surface area contributed by atoms with E-state index in [2.05, 4.69) is 57.6 Å². The van der Waals surface area contributed by atoms with Gasteiger partial charge in [-0.3, -0.25) is 0 Å². The molecule has 0 amide bonds. The molecule has 4 nitrogen and oxygen atoms in total. The van der Waals surface area contributed by atoms with E-state index in [0.29, 0.717) is 11.6 Å².